The number of piperidine rings is 1. The summed E-state index contributed by atoms with van der Waals surface area (Å²) < 4.78 is 5.59. The molecular formula is C18H31N3O3S. The Morgan fingerprint density at radius 1 is 1.08 bits per heavy atom. The summed E-state index contributed by atoms with van der Waals surface area (Å²) >= 11 is 1.78. The molecule has 2 atom stereocenters. The lowest BCUT2D eigenvalue weighted by molar-refractivity contribution is -0.134. The number of nitrogens with zero attached hydrogens (tertiary/aromatic N) is 3. The molecule has 0 aromatic rings. The highest BCUT2D eigenvalue weighted by Crippen LogP contribution is 2.29. The van der Waals surface area contributed by atoms with E-state index in [0.29, 0.717) is 6.54 Å². The van der Waals surface area contributed by atoms with Gasteiger partial charge in [0.2, 0.25) is 5.91 Å². The van der Waals surface area contributed by atoms with Crippen LogP contribution in [0.25, 0.3) is 0 Å². The molecule has 0 radical (unpaired) electrons. The zero-order valence-corrected chi connectivity index (χ0v) is 16.5. The van der Waals surface area contributed by atoms with Crippen LogP contribution >= 0.6 is 11.8 Å². The number of likely N-dealkylation sites (tertiary alicyclic amines) is 2. The molecule has 3 fully saturated rings. The summed E-state index contributed by atoms with van der Waals surface area (Å²) in [5.41, 5.74) is -0.544. The van der Waals surface area contributed by atoms with E-state index < -0.39 is 5.60 Å². The number of thioether (sulfide) groups is 1. The lowest BCUT2D eigenvalue weighted by atomic mass is 10.1. The first-order chi connectivity index (χ1) is 11.8. The number of rotatable bonds is 2. The third-order valence-electron chi connectivity index (χ3n) is 5.16. The van der Waals surface area contributed by atoms with Gasteiger partial charge in [-0.2, -0.15) is 0 Å². The van der Waals surface area contributed by atoms with E-state index in [4.69, 9.17) is 4.74 Å². The molecular weight excluding hydrogens is 338 g/mol. The van der Waals surface area contributed by atoms with E-state index >= 15 is 0 Å². The number of carbonyl (C=O) groups excluding carboxylic acids is 2. The van der Waals surface area contributed by atoms with Crippen molar-refractivity contribution in [2.24, 2.45) is 0 Å². The van der Waals surface area contributed by atoms with Gasteiger partial charge < -0.3 is 9.64 Å². The fourth-order valence-electron chi connectivity index (χ4n) is 3.92. The van der Waals surface area contributed by atoms with Crippen LogP contribution in [-0.4, -0.2) is 82.2 Å². The van der Waals surface area contributed by atoms with E-state index in [2.05, 4.69) is 4.90 Å². The van der Waals surface area contributed by atoms with Crippen molar-refractivity contribution in [2.75, 3.05) is 37.8 Å². The Labute approximate surface area is 155 Å². The predicted octanol–water partition coefficient (Wildman–Crippen LogP) is 2.38. The molecule has 3 heterocycles. The van der Waals surface area contributed by atoms with Gasteiger partial charge in [0, 0.05) is 24.9 Å². The van der Waals surface area contributed by atoms with Gasteiger partial charge in [0.1, 0.15) is 11.6 Å². The van der Waals surface area contributed by atoms with Crippen LogP contribution in [0.5, 0.6) is 0 Å². The molecule has 6 nitrogen and oxygen atoms in total. The monoisotopic (exact) mass is 369 g/mol. The third-order valence-corrected chi connectivity index (χ3v) is 6.13. The van der Waals surface area contributed by atoms with Crippen molar-refractivity contribution >= 4 is 23.8 Å². The van der Waals surface area contributed by atoms with Crippen molar-refractivity contribution < 1.29 is 14.3 Å². The number of hydrogen-bond acceptors (Lipinski definition) is 5. The van der Waals surface area contributed by atoms with Crippen molar-refractivity contribution in [1.82, 2.24) is 14.7 Å². The fraction of sp³-hybridized carbons (Fsp3) is 0.889. The minimum Gasteiger partial charge on any atom is -0.444 e. The van der Waals surface area contributed by atoms with Crippen LogP contribution in [0.4, 0.5) is 4.79 Å². The SMILES string of the molecule is CC(C)(C)OC(=O)N1C[C@@H](N2CCCCC2)C[C@H]1C(=O)N1CCSC1. The summed E-state index contributed by atoms with van der Waals surface area (Å²) in [7, 11) is 0. The standard InChI is InChI=1S/C18H31N3O3S/c1-18(2,3)24-17(23)21-12-14(19-7-5-4-6-8-19)11-15(21)16(22)20-9-10-25-13-20/h14-15H,4-13H2,1-3H3/t14-,15-/m0/s1. The maximum absolute atomic E-state index is 13.0. The Bertz CT molecular complexity index is 496. The van der Waals surface area contributed by atoms with Crippen molar-refractivity contribution in [3.63, 3.8) is 0 Å². The van der Waals surface area contributed by atoms with Crippen LogP contribution < -0.4 is 0 Å². The van der Waals surface area contributed by atoms with Gasteiger partial charge in [0.25, 0.3) is 0 Å². The number of ether oxygens (including phenoxy) is 1. The second-order valence-electron chi connectivity index (χ2n) is 8.27. The molecule has 2 amide bonds. The minimum absolute atomic E-state index is 0.0929. The molecule has 7 heteroatoms. The van der Waals surface area contributed by atoms with Crippen LogP contribution in [0.15, 0.2) is 0 Å². The molecule has 0 unspecified atom stereocenters. The van der Waals surface area contributed by atoms with E-state index in [1.165, 1.54) is 19.3 Å². The fourth-order valence-corrected chi connectivity index (χ4v) is 4.87. The van der Waals surface area contributed by atoms with Crippen molar-refractivity contribution in [3.8, 4) is 0 Å². The molecule has 3 aliphatic heterocycles. The van der Waals surface area contributed by atoms with Crippen LogP contribution in [0.1, 0.15) is 46.5 Å². The average Bonchev–Trinajstić information content (AvgIpc) is 3.23. The maximum atomic E-state index is 13.0. The molecule has 3 saturated heterocycles. The van der Waals surface area contributed by atoms with Gasteiger partial charge in [-0.3, -0.25) is 14.6 Å². The summed E-state index contributed by atoms with van der Waals surface area (Å²) in [6, 6.07) is -0.0995. The lowest BCUT2D eigenvalue weighted by Gasteiger charge is -2.32. The molecule has 142 valence electrons. The Hall–Kier alpha value is -0.950. The van der Waals surface area contributed by atoms with Crippen molar-refractivity contribution in [3.05, 3.63) is 0 Å². The van der Waals surface area contributed by atoms with Crippen molar-refractivity contribution in [2.45, 2.75) is 64.1 Å². The topological polar surface area (TPSA) is 53.1 Å². The van der Waals surface area contributed by atoms with Gasteiger partial charge in [-0.1, -0.05) is 6.42 Å². The van der Waals surface area contributed by atoms with Crippen molar-refractivity contribution in [1.29, 1.82) is 0 Å². The Balaban J connectivity index is 1.73. The highest BCUT2D eigenvalue weighted by atomic mass is 32.2. The first kappa shape index (κ1) is 18.8. The first-order valence-electron chi connectivity index (χ1n) is 9.45. The zero-order valence-electron chi connectivity index (χ0n) is 15.7. The second kappa shape index (κ2) is 7.74. The van der Waals surface area contributed by atoms with E-state index in [1.807, 2.05) is 25.7 Å². The summed E-state index contributed by atoms with van der Waals surface area (Å²) in [6.07, 6.45) is 4.09. The van der Waals surface area contributed by atoms with Gasteiger partial charge in [0.05, 0.1) is 5.88 Å². The normalized spacial score (nSPS) is 28.4. The number of carbonyl (C=O) groups is 2. The first-order valence-corrected chi connectivity index (χ1v) is 10.6. The highest BCUT2D eigenvalue weighted by Gasteiger charge is 2.45. The Kier molecular flexibility index (Phi) is 5.83. The molecule has 3 rings (SSSR count). The molecule has 0 aliphatic carbocycles. The van der Waals surface area contributed by atoms with Crippen LogP contribution in [0, 0.1) is 0 Å². The average molecular weight is 370 g/mol. The Morgan fingerprint density at radius 3 is 2.40 bits per heavy atom. The second-order valence-corrected chi connectivity index (χ2v) is 9.35. The van der Waals surface area contributed by atoms with Crippen LogP contribution in [0.2, 0.25) is 0 Å². The van der Waals surface area contributed by atoms with E-state index in [0.717, 1.165) is 37.7 Å². The molecule has 3 aliphatic rings. The maximum Gasteiger partial charge on any atom is 0.411 e. The highest BCUT2D eigenvalue weighted by molar-refractivity contribution is 7.99. The zero-order chi connectivity index (χ0) is 18.0. The molecule has 0 saturated carbocycles. The molecule has 0 N–H and O–H groups in total. The molecule has 0 bridgehead atoms. The Morgan fingerprint density at radius 2 is 1.80 bits per heavy atom. The van der Waals surface area contributed by atoms with Crippen LogP contribution in [-0.2, 0) is 9.53 Å². The summed E-state index contributed by atoms with van der Waals surface area (Å²) in [6.45, 7) is 9.16. The van der Waals surface area contributed by atoms with Gasteiger partial charge in [0.15, 0.2) is 0 Å². The summed E-state index contributed by atoms with van der Waals surface area (Å²) in [5, 5.41) is 0. The predicted molar refractivity (Wildman–Crippen MR) is 99.6 cm³/mol. The molecule has 0 aromatic carbocycles. The van der Waals surface area contributed by atoms with Gasteiger partial charge in [-0.05, 0) is 53.1 Å². The lowest BCUT2D eigenvalue weighted by Crippen LogP contribution is -2.48. The van der Waals surface area contributed by atoms with E-state index in [1.54, 1.807) is 16.7 Å². The number of hydrogen-bond donors (Lipinski definition) is 0. The minimum atomic E-state index is -0.544. The van der Waals surface area contributed by atoms with E-state index in [-0.39, 0.29) is 24.1 Å². The number of amides is 2. The summed E-state index contributed by atoms with van der Waals surface area (Å²) in [4.78, 5) is 31.8. The third kappa shape index (κ3) is 4.61. The van der Waals surface area contributed by atoms with Gasteiger partial charge in [-0.25, -0.2) is 4.79 Å². The largest absolute Gasteiger partial charge is 0.444 e. The smallest absolute Gasteiger partial charge is 0.411 e. The van der Waals surface area contributed by atoms with Gasteiger partial charge >= 0.3 is 6.09 Å². The summed E-state index contributed by atoms with van der Waals surface area (Å²) in [5.74, 6) is 1.82. The van der Waals surface area contributed by atoms with E-state index in [9.17, 15) is 9.59 Å². The quantitative estimate of drug-likeness (QED) is 0.748. The van der Waals surface area contributed by atoms with Gasteiger partial charge in [-0.15, -0.1) is 11.8 Å². The molecule has 0 aromatic heterocycles. The van der Waals surface area contributed by atoms with Crippen LogP contribution in [0.3, 0.4) is 0 Å². The molecule has 0 spiro atoms. The molecule has 25 heavy (non-hydrogen) atoms.